The molecule has 0 atom stereocenters. The van der Waals surface area contributed by atoms with Gasteiger partial charge >= 0.3 is 63.3 Å². The van der Waals surface area contributed by atoms with Gasteiger partial charge in [-0.25, -0.2) is 9.59 Å². The zero-order valence-electron chi connectivity index (χ0n) is 15.1. The van der Waals surface area contributed by atoms with Crippen LogP contribution in [0.15, 0.2) is 24.3 Å². The Labute approximate surface area is 180 Å². The largest absolute Gasteiger partial charge is 1.00 e. The van der Waals surface area contributed by atoms with Crippen molar-refractivity contribution in [1.29, 1.82) is 0 Å². The molecule has 0 unspecified atom stereocenters. The van der Waals surface area contributed by atoms with Gasteiger partial charge in [0.25, 0.3) is 0 Å². The molecule has 0 heterocycles. The standard InChI is InChI=1S/C6H14O4.2C4H6O2.K.H/c7-1-3-9-5-6-10-4-2-8;2*1-3(2)4(5)6;;/h7-8H,1-6H2;2*1H2,2H3,(H,5,6);;/q;;;+1;-1. The van der Waals surface area contributed by atoms with Gasteiger partial charge in [0.15, 0.2) is 0 Å². The van der Waals surface area contributed by atoms with Crippen LogP contribution in [0.4, 0.5) is 0 Å². The Kier molecular flexibility index (Phi) is 32.3. The molecule has 0 saturated carbocycles. The van der Waals surface area contributed by atoms with E-state index in [9.17, 15) is 9.59 Å². The van der Waals surface area contributed by atoms with E-state index in [-0.39, 0.29) is 77.2 Å². The number of aliphatic hydroxyl groups excluding tert-OH is 2. The van der Waals surface area contributed by atoms with Gasteiger partial charge in [0.1, 0.15) is 0 Å². The summed E-state index contributed by atoms with van der Waals surface area (Å²) in [4.78, 5) is 19.2. The van der Waals surface area contributed by atoms with Crippen LogP contribution in [0, 0.1) is 0 Å². The monoisotopic (exact) mass is 362 g/mol. The van der Waals surface area contributed by atoms with Crippen LogP contribution in [-0.4, -0.2) is 72.0 Å². The summed E-state index contributed by atoms with van der Waals surface area (Å²) in [6.07, 6.45) is 0. The second kappa shape index (κ2) is 24.2. The molecule has 0 aromatic rings. The second-order valence-corrected chi connectivity index (χ2v) is 3.84. The number of carboxylic acid groups (broad SMARTS) is 2. The normalized spacial score (nSPS) is 8.35. The maximum atomic E-state index is 9.60. The maximum Gasteiger partial charge on any atom is 1.00 e. The quantitative estimate of drug-likeness (QED) is 0.200. The molecule has 0 aliphatic heterocycles. The molecule has 0 radical (unpaired) electrons. The van der Waals surface area contributed by atoms with E-state index in [2.05, 4.69) is 13.2 Å². The SMILES string of the molecule is C=C(C)C(=O)O.C=C(C)C(=O)O.OCCOCCOCCO.[H-].[K+]. The van der Waals surface area contributed by atoms with E-state index < -0.39 is 11.9 Å². The van der Waals surface area contributed by atoms with Crippen molar-refractivity contribution >= 4 is 11.9 Å². The number of aliphatic carboxylic acids is 2. The molecular weight excluding hydrogens is 335 g/mol. The van der Waals surface area contributed by atoms with Crippen LogP contribution in [0.2, 0.25) is 0 Å². The van der Waals surface area contributed by atoms with Crippen molar-refractivity contribution in [2.75, 3.05) is 39.6 Å². The van der Waals surface area contributed by atoms with Crippen molar-refractivity contribution in [1.82, 2.24) is 0 Å². The van der Waals surface area contributed by atoms with Gasteiger partial charge < -0.3 is 31.3 Å². The molecule has 23 heavy (non-hydrogen) atoms. The van der Waals surface area contributed by atoms with Crippen LogP contribution < -0.4 is 51.4 Å². The third kappa shape index (κ3) is 39.1. The first-order valence-electron chi connectivity index (χ1n) is 6.35. The topological polar surface area (TPSA) is 134 Å². The molecule has 0 aromatic heterocycles. The smallest absolute Gasteiger partial charge is 1.00 e. The van der Waals surface area contributed by atoms with Gasteiger partial charge in [0.05, 0.1) is 39.6 Å². The van der Waals surface area contributed by atoms with Crippen LogP contribution in [0.5, 0.6) is 0 Å². The zero-order valence-corrected chi connectivity index (χ0v) is 17.2. The van der Waals surface area contributed by atoms with E-state index >= 15 is 0 Å². The van der Waals surface area contributed by atoms with Crippen molar-refractivity contribution in [3.8, 4) is 0 Å². The van der Waals surface area contributed by atoms with Gasteiger partial charge in [-0.05, 0) is 13.8 Å². The summed E-state index contributed by atoms with van der Waals surface area (Å²) < 4.78 is 9.75. The molecule has 9 heteroatoms. The van der Waals surface area contributed by atoms with Crippen LogP contribution >= 0.6 is 0 Å². The van der Waals surface area contributed by atoms with Crippen LogP contribution in [0.3, 0.4) is 0 Å². The molecule has 132 valence electrons. The minimum atomic E-state index is -0.935. The Balaban J connectivity index is -0.0000000759. The van der Waals surface area contributed by atoms with E-state index in [1.807, 2.05) is 0 Å². The average Bonchev–Trinajstić information content (AvgIpc) is 2.44. The minimum absolute atomic E-state index is 0. The number of aliphatic hydroxyl groups is 2. The summed E-state index contributed by atoms with van der Waals surface area (Å²) in [5.74, 6) is -1.87. The first-order valence-corrected chi connectivity index (χ1v) is 6.35. The summed E-state index contributed by atoms with van der Waals surface area (Å²) in [6, 6.07) is 0. The fourth-order valence-electron chi connectivity index (χ4n) is 0.451. The number of rotatable bonds is 9. The van der Waals surface area contributed by atoms with E-state index in [1.54, 1.807) is 0 Å². The summed E-state index contributed by atoms with van der Waals surface area (Å²) >= 11 is 0. The molecule has 0 aliphatic rings. The molecule has 0 rings (SSSR count). The molecule has 4 N–H and O–H groups in total. The van der Waals surface area contributed by atoms with Crippen LogP contribution in [-0.2, 0) is 19.1 Å². The van der Waals surface area contributed by atoms with Crippen molar-refractivity contribution in [3.05, 3.63) is 24.3 Å². The van der Waals surface area contributed by atoms with E-state index in [1.165, 1.54) is 13.8 Å². The third-order valence-corrected chi connectivity index (χ3v) is 1.57. The van der Waals surface area contributed by atoms with Gasteiger partial charge in [-0.1, -0.05) is 13.2 Å². The summed E-state index contributed by atoms with van der Waals surface area (Å²) in [7, 11) is 0. The van der Waals surface area contributed by atoms with Crippen molar-refractivity contribution in [2.45, 2.75) is 13.8 Å². The number of hydrogen-bond donors (Lipinski definition) is 4. The molecule has 0 amide bonds. The van der Waals surface area contributed by atoms with Crippen molar-refractivity contribution in [2.24, 2.45) is 0 Å². The fraction of sp³-hybridized carbons (Fsp3) is 0.571. The van der Waals surface area contributed by atoms with Gasteiger partial charge in [0, 0.05) is 11.1 Å². The molecule has 0 bridgehead atoms. The number of ether oxygens (including phenoxy) is 2. The first-order chi connectivity index (χ1) is 10.2. The Morgan fingerprint density at radius 1 is 0.826 bits per heavy atom. The van der Waals surface area contributed by atoms with Gasteiger partial charge in [-0.15, -0.1) is 0 Å². The average molecular weight is 362 g/mol. The predicted molar refractivity (Wildman–Crippen MR) is 81.8 cm³/mol. The van der Waals surface area contributed by atoms with Crippen molar-refractivity contribution < 1.29 is 92.3 Å². The number of carboxylic acids is 2. The Hall–Kier alpha value is -0.104. The van der Waals surface area contributed by atoms with Gasteiger partial charge in [-0.2, -0.15) is 0 Å². The Morgan fingerprint density at radius 3 is 1.17 bits per heavy atom. The van der Waals surface area contributed by atoms with Gasteiger partial charge in [-0.3, -0.25) is 0 Å². The molecule has 0 saturated heterocycles. The van der Waals surface area contributed by atoms with E-state index in [0.717, 1.165) is 0 Å². The number of hydrogen-bond acceptors (Lipinski definition) is 6. The van der Waals surface area contributed by atoms with Crippen LogP contribution in [0.25, 0.3) is 0 Å². The van der Waals surface area contributed by atoms with E-state index in [4.69, 9.17) is 29.9 Å². The Morgan fingerprint density at radius 2 is 1.04 bits per heavy atom. The third-order valence-electron chi connectivity index (χ3n) is 1.57. The maximum absolute atomic E-state index is 9.60. The summed E-state index contributed by atoms with van der Waals surface area (Å²) in [6.45, 7) is 10.9. The molecule has 0 fully saturated rings. The molecular formula is C14H27KO8. The second-order valence-electron chi connectivity index (χ2n) is 3.84. The molecule has 8 nitrogen and oxygen atoms in total. The summed E-state index contributed by atoms with van der Waals surface area (Å²) in [5, 5.41) is 32.3. The molecule has 0 aromatic carbocycles. The zero-order chi connectivity index (χ0) is 18.0. The first kappa shape index (κ1) is 30.7. The summed E-state index contributed by atoms with van der Waals surface area (Å²) in [5.41, 5.74) is 0.352. The predicted octanol–water partition coefficient (Wildman–Crippen LogP) is -2.59. The Bertz CT molecular complexity index is 281. The minimum Gasteiger partial charge on any atom is -1.00 e. The van der Waals surface area contributed by atoms with Gasteiger partial charge in [0.2, 0.25) is 0 Å². The number of carbonyl (C=O) groups is 2. The van der Waals surface area contributed by atoms with E-state index in [0.29, 0.717) is 26.4 Å². The molecule has 0 aliphatic carbocycles. The van der Waals surface area contributed by atoms with Crippen molar-refractivity contribution in [3.63, 3.8) is 0 Å². The van der Waals surface area contributed by atoms with Crippen LogP contribution in [0.1, 0.15) is 15.3 Å². The molecule has 0 spiro atoms. The fourth-order valence-corrected chi connectivity index (χ4v) is 0.451.